The van der Waals surface area contributed by atoms with E-state index in [1.54, 1.807) is 0 Å². The second kappa shape index (κ2) is 5.82. The van der Waals surface area contributed by atoms with Crippen LogP contribution in [0.2, 0.25) is 0 Å². The highest BCUT2D eigenvalue weighted by Crippen LogP contribution is 2.25. The van der Waals surface area contributed by atoms with Gasteiger partial charge in [-0.05, 0) is 31.0 Å². The number of hydrogen-bond acceptors (Lipinski definition) is 2. The Bertz CT molecular complexity index is 495. The zero-order valence-electron chi connectivity index (χ0n) is 10.5. The first-order valence-electron chi connectivity index (χ1n) is 6.41. The lowest BCUT2D eigenvalue weighted by atomic mass is 9.88. The lowest BCUT2D eigenvalue weighted by Gasteiger charge is -2.20. The van der Waals surface area contributed by atoms with Crippen molar-refractivity contribution in [3.05, 3.63) is 29.6 Å². The fourth-order valence-electron chi connectivity index (χ4n) is 2.35. The Morgan fingerprint density at radius 2 is 1.89 bits per heavy atom. The summed E-state index contributed by atoms with van der Waals surface area (Å²) in [5.74, 6) is -2.15. The minimum Gasteiger partial charge on any atom is -0.478 e. The van der Waals surface area contributed by atoms with Crippen molar-refractivity contribution in [2.45, 2.75) is 32.1 Å². The van der Waals surface area contributed by atoms with Gasteiger partial charge >= 0.3 is 5.97 Å². The molecule has 19 heavy (non-hydrogen) atoms. The summed E-state index contributed by atoms with van der Waals surface area (Å²) in [6.07, 6.45) is 4.86. The molecule has 0 unspecified atom stereocenters. The number of carbonyl (C=O) groups excluding carboxylic acids is 1. The predicted octanol–water partition coefficient (Wildman–Crippen LogP) is 3.04. The van der Waals surface area contributed by atoms with Crippen LogP contribution < -0.4 is 5.32 Å². The molecule has 102 valence electrons. The molecule has 2 rings (SSSR count). The molecule has 1 aliphatic carbocycles. The monoisotopic (exact) mass is 265 g/mol. The Kier molecular flexibility index (Phi) is 4.14. The Hall–Kier alpha value is -1.91. The number of amides is 1. The average molecular weight is 265 g/mol. The van der Waals surface area contributed by atoms with Gasteiger partial charge in [-0.3, -0.25) is 4.79 Å². The molecule has 0 saturated heterocycles. The van der Waals surface area contributed by atoms with E-state index in [-0.39, 0.29) is 23.1 Å². The highest BCUT2D eigenvalue weighted by Gasteiger charge is 2.22. The largest absolute Gasteiger partial charge is 0.478 e. The van der Waals surface area contributed by atoms with Crippen LogP contribution >= 0.6 is 0 Å². The van der Waals surface area contributed by atoms with Gasteiger partial charge in [-0.25, -0.2) is 9.18 Å². The van der Waals surface area contributed by atoms with Gasteiger partial charge in [0.2, 0.25) is 5.91 Å². The van der Waals surface area contributed by atoms with Crippen LogP contribution in [0.5, 0.6) is 0 Å². The molecule has 5 heteroatoms. The van der Waals surface area contributed by atoms with Gasteiger partial charge in [0.15, 0.2) is 0 Å². The number of nitrogens with one attached hydrogen (secondary N) is 1. The van der Waals surface area contributed by atoms with Gasteiger partial charge in [0, 0.05) is 5.92 Å². The highest BCUT2D eigenvalue weighted by atomic mass is 19.1. The van der Waals surface area contributed by atoms with Crippen molar-refractivity contribution in [1.82, 2.24) is 0 Å². The molecule has 0 heterocycles. The number of hydrogen-bond donors (Lipinski definition) is 2. The molecule has 1 aromatic carbocycles. The Balaban J connectivity index is 2.06. The van der Waals surface area contributed by atoms with E-state index in [1.165, 1.54) is 12.1 Å². The predicted molar refractivity (Wildman–Crippen MR) is 68.6 cm³/mol. The number of carboxylic acid groups (broad SMARTS) is 1. The minimum atomic E-state index is -1.19. The van der Waals surface area contributed by atoms with Crippen LogP contribution in [0.25, 0.3) is 0 Å². The Morgan fingerprint density at radius 3 is 2.47 bits per heavy atom. The van der Waals surface area contributed by atoms with Crippen molar-refractivity contribution >= 4 is 17.6 Å². The smallest absolute Gasteiger partial charge is 0.335 e. The van der Waals surface area contributed by atoms with Crippen molar-refractivity contribution in [2.24, 2.45) is 5.92 Å². The highest BCUT2D eigenvalue weighted by molar-refractivity contribution is 5.94. The molecule has 0 aromatic heterocycles. The zero-order chi connectivity index (χ0) is 13.8. The van der Waals surface area contributed by atoms with Crippen molar-refractivity contribution in [1.29, 1.82) is 0 Å². The molecule has 1 amide bonds. The summed E-state index contributed by atoms with van der Waals surface area (Å²) in [6, 6.07) is 3.49. The Labute approximate surface area is 110 Å². The third-order valence-corrected chi connectivity index (χ3v) is 3.45. The maximum absolute atomic E-state index is 13.7. The molecule has 1 aliphatic rings. The summed E-state index contributed by atoms with van der Waals surface area (Å²) in [5, 5.41) is 11.3. The SMILES string of the molecule is O=C(O)c1ccc(NC(=O)C2CCCCC2)c(F)c1. The van der Waals surface area contributed by atoms with Crippen molar-refractivity contribution in [3.63, 3.8) is 0 Å². The topological polar surface area (TPSA) is 66.4 Å². The summed E-state index contributed by atoms with van der Waals surface area (Å²) in [7, 11) is 0. The molecule has 4 nitrogen and oxygen atoms in total. The van der Waals surface area contributed by atoms with Crippen LogP contribution in [0.4, 0.5) is 10.1 Å². The van der Waals surface area contributed by atoms with Gasteiger partial charge in [0.05, 0.1) is 11.3 Å². The summed E-state index contributed by atoms with van der Waals surface area (Å²) < 4.78 is 13.7. The van der Waals surface area contributed by atoms with E-state index in [0.29, 0.717) is 0 Å². The second-order valence-corrected chi connectivity index (χ2v) is 4.82. The zero-order valence-corrected chi connectivity index (χ0v) is 10.5. The number of carboxylic acids is 1. The maximum Gasteiger partial charge on any atom is 0.335 e. The van der Waals surface area contributed by atoms with E-state index in [2.05, 4.69) is 5.32 Å². The van der Waals surface area contributed by atoms with Gasteiger partial charge in [0.25, 0.3) is 0 Å². The van der Waals surface area contributed by atoms with Crippen LogP contribution in [0.3, 0.4) is 0 Å². The van der Waals surface area contributed by atoms with Crippen LogP contribution in [-0.4, -0.2) is 17.0 Å². The van der Waals surface area contributed by atoms with Gasteiger partial charge in [-0.15, -0.1) is 0 Å². The van der Waals surface area contributed by atoms with E-state index in [4.69, 9.17) is 5.11 Å². The number of anilines is 1. The number of aromatic carboxylic acids is 1. The van der Waals surface area contributed by atoms with Gasteiger partial charge in [-0.1, -0.05) is 19.3 Å². The number of benzene rings is 1. The van der Waals surface area contributed by atoms with Gasteiger partial charge < -0.3 is 10.4 Å². The lowest BCUT2D eigenvalue weighted by Crippen LogP contribution is -2.25. The van der Waals surface area contributed by atoms with E-state index in [0.717, 1.165) is 38.2 Å². The molecule has 0 atom stereocenters. The summed E-state index contributed by atoms with van der Waals surface area (Å²) in [5.41, 5.74) is -0.0891. The molecule has 1 fully saturated rings. The number of rotatable bonds is 3. The van der Waals surface area contributed by atoms with Crippen LogP contribution in [0.15, 0.2) is 18.2 Å². The lowest BCUT2D eigenvalue weighted by molar-refractivity contribution is -0.120. The van der Waals surface area contributed by atoms with E-state index < -0.39 is 11.8 Å². The number of halogens is 1. The van der Waals surface area contributed by atoms with Crippen molar-refractivity contribution < 1.29 is 19.1 Å². The molecule has 0 spiro atoms. The molecular weight excluding hydrogens is 249 g/mol. The van der Waals surface area contributed by atoms with Crippen LogP contribution in [-0.2, 0) is 4.79 Å². The number of carbonyl (C=O) groups is 2. The van der Waals surface area contributed by atoms with Gasteiger partial charge in [-0.2, -0.15) is 0 Å². The maximum atomic E-state index is 13.7. The van der Waals surface area contributed by atoms with Crippen molar-refractivity contribution in [2.75, 3.05) is 5.32 Å². The fraction of sp³-hybridized carbons (Fsp3) is 0.429. The first-order valence-corrected chi connectivity index (χ1v) is 6.41. The third kappa shape index (κ3) is 3.30. The molecular formula is C14H16FNO3. The molecule has 0 aliphatic heterocycles. The van der Waals surface area contributed by atoms with Gasteiger partial charge in [0.1, 0.15) is 5.82 Å². The van der Waals surface area contributed by atoms with E-state index >= 15 is 0 Å². The fourth-order valence-corrected chi connectivity index (χ4v) is 2.35. The average Bonchev–Trinajstić information content (AvgIpc) is 2.41. The van der Waals surface area contributed by atoms with E-state index in [9.17, 15) is 14.0 Å². The Morgan fingerprint density at radius 1 is 1.21 bits per heavy atom. The standard InChI is InChI=1S/C14H16FNO3/c15-11-8-10(14(18)19)6-7-12(11)16-13(17)9-4-2-1-3-5-9/h6-9H,1-5H2,(H,16,17)(H,18,19). The van der Waals surface area contributed by atoms with Crippen LogP contribution in [0, 0.1) is 11.7 Å². The minimum absolute atomic E-state index is 0.0422. The molecule has 0 radical (unpaired) electrons. The third-order valence-electron chi connectivity index (χ3n) is 3.45. The molecule has 2 N–H and O–H groups in total. The summed E-state index contributed by atoms with van der Waals surface area (Å²) >= 11 is 0. The molecule has 1 aromatic rings. The normalized spacial score (nSPS) is 16.1. The quantitative estimate of drug-likeness (QED) is 0.882. The van der Waals surface area contributed by atoms with Crippen molar-refractivity contribution in [3.8, 4) is 0 Å². The first-order chi connectivity index (χ1) is 9.08. The summed E-state index contributed by atoms with van der Waals surface area (Å²) in [4.78, 5) is 22.6. The second-order valence-electron chi connectivity index (χ2n) is 4.82. The molecule has 1 saturated carbocycles. The van der Waals surface area contributed by atoms with Crippen LogP contribution in [0.1, 0.15) is 42.5 Å². The van der Waals surface area contributed by atoms with E-state index in [1.807, 2.05) is 0 Å². The first kappa shape index (κ1) is 13.5. The molecule has 0 bridgehead atoms. The summed E-state index contributed by atoms with van der Waals surface area (Å²) in [6.45, 7) is 0.